The zero-order chi connectivity index (χ0) is 20.6. The number of thioether (sulfide) groups is 1. The number of nitrogens with one attached hydrogen (secondary N) is 2. The van der Waals surface area contributed by atoms with Gasteiger partial charge < -0.3 is 15.5 Å². The average molecular weight is 418 g/mol. The van der Waals surface area contributed by atoms with E-state index < -0.39 is 0 Å². The number of carbonyl (C=O) groups is 2. The molecule has 6 heteroatoms. The lowest BCUT2D eigenvalue weighted by atomic mass is 9.98. The summed E-state index contributed by atoms with van der Waals surface area (Å²) in [5, 5.41) is 5.97. The monoisotopic (exact) mass is 417 g/mol. The Morgan fingerprint density at radius 1 is 1.17 bits per heavy atom. The molecule has 2 heterocycles. The van der Waals surface area contributed by atoms with Crippen LogP contribution in [-0.4, -0.2) is 59.4 Å². The number of benzene rings is 1. The van der Waals surface area contributed by atoms with Crippen LogP contribution < -0.4 is 10.6 Å². The molecule has 2 aliphatic heterocycles. The van der Waals surface area contributed by atoms with Crippen molar-refractivity contribution in [3.05, 3.63) is 35.9 Å². The molecule has 2 amide bonds. The SMILES string of the molecule is CNC(C)C(=O)N[C@H]1CCCC[C@H]2CC[C@@H](CSCCc3ccccc3)N2C1=O. The van der Waals surface area contributed by atoms with Gasteiger partial charge in [-0.05, 0) is 57.4 Å². The van der Waals surface area contributed by atoms with Gasteiger partial charge in [0.25, 0.3) is 0 Å². The molecule has 2 fully saturated rings. The van der Waals surface area contributed by atoms with Crippen LogP contribution >= 0.6 is 11.8 Å². The molecule has 4 atom stereocenters. The van der Waals surface area contributed by atoms with Crippen LogP contribution in [0, 0.1) is 0 Å². The summed E-state index contributed by atoms with van der Waals surface area (Å²) in [4.78, 5) is 27.9. The fourth-order valence-electron chi connectivity index (χ4n) is 4.42. The van der Waals surface area contributed by atoms with Crippen LogP contribution in [-0.2, 0) is 16.0 Å². The minimum atomic E-state index is -0.379. The Kier molecular flexibility index (Phi) is 8.42. The first-order valence-corrected chi connectivity index (χ1v) is 12.2. The second-order valence-corrected chi connectivity index (χ2v) is 9.45. The Bertz CT molecular complexity index is 669. The number of carbonyl (C=O) groups excluding carboxylic acids is 2. The smallest absolute Gasteiger partial charge is 0.245 e. The van der Waals surface area contributed by atoms with E-state index in [2.05, 4.69) is 45.9 Å². The summed E-state index contributed by atoms with van der Waals surface area (Å²) in [6, 6.07) is 10.6. The third-order valence-corrected chi connectivity index (χ3v) is 7.40. The molecule has 160 valence electrons. The summed E-state index contributed by atoms with van der Waals surface area (Å²) in [6.07, 6.45) is 7.24. The molecule has 5 nitrogen and oxygen atoms in total. The lowest BCUT2D eigenvalue weighted by Gasteiger charge is -2.36. The third kappa shape index (κ3) is 5.98. The molecule has 0 aromatic heterocycles. The van der Waals surface area contributed by atoms with Crippen molar-refractivity contribution >= 4 is 23.6 Å². The largest absolute Gasteiger partial charge is 0.343 e. The van der Waals surface area contributed by atoms with Crippen LogP contribution in [0.5, 0.6) is 0 Å². The maximum atomic E-state index is 13.4. The van der Waals surface area contributed by atoms with Crippen molar-refractivity contribution in [2.45, 2.75) is 76.0 Å². The molecule has 2 saturated heterocycles. The number of hydrogen-bond acceptors (Lipinski definition) is 4. The summed E-state index contributed by atoms with van der Waals surface area (Å²) in [6.45, 7) is 1.83. The van der Waals surface area contributed by atoms with Crippen molar-refractivity contribution < 1.29 is 9.59 Å². The van der Waals surface area contributed by atoms with Gasteiger partial charge in [0.05, 0.1) is 6.04 Å². The molecule has 29 heavy (non-hydrogen) atoms. The molecule has 0 radical (unpaired) electrons. The van der Waals surface area contributed by atoms with Crippen molar-refractivity contribution in [1.29, 1.82) is 0 Å². The topological polar surface area (TPSA) is 61.4 Å². The molecular weight excluding hydrogens is 382 g/mol. The molecule has 3 rings (SSSR count). The molecule has 2 aliphatic rings. The van der Waals surface area contributed by atoms with Crippen LogP contribution in [0.1, 0.15) is 51.0 Å². The molecule has 2 N–H and O–H groups in total. The molecule has 1 unspecified atom stereocenters. The second-order valence-electron chi connectivity index (χ2n) is 8.30. The van der Waals surface area contributed by atoms with Gasteiger partial charge in [-0.15, -0.1) is 0 Å². The van der Waals surface area contributed by atoms with E-state index in [-0.39, 0.29) is 23.9 Å². The van der Waals surface area contributed by atoms with Gasteiger partial charge in [0.2, 0.25) is 11.8 Å². The Hall–Kier alpha value is -1.53. The highest BCUT2D eigenvalue weighted by molar-refractivity contribution is 7.99. The highest BCUT2D eigenvalue weighted by Crippen LogP contribution is 2.32. The Morgan fingerprint density at radius 2 is 1.93 bits per heavy atom. The van der Waals surface area contributed by atoms with E-state index >= 15 is 0 Å². The van der Waals surface area contributed by atoms with Crippen LogP contribution in [0.15, 0.2) is 30.3 Å². The predicted molar refractivity (Wildman–Crippen MR) is 120 cm³/mol. The van der Waals surface area contributed by atoms with Crippen LogP contribution in [0.25, 0.3) is 0 Å². The number of fused-ring (bicyclic) bond motifs is 1. The summed E-state index contributed by atoms with van der Waals surface area (Å²) >= 11 is 1.95. The fraction of sp³-hybridized carbons (Fsp3) is 0.652. The Balaban J connectivity index is 1.57. The molecule has 0 saturated carbocycles. The lowest BCUT2D eigenvalue weighted by molar-refractivity contribution is -0.139. The standard InChI is InChI=1S/C23H35N3O2S/c1-17(24-2)22(27)25-21-11-7-6-10-19-12-13-20(26(19)23(21)28)16-29-15-14-18-8-4-3-5-9-18/h3-5,8-9,17,19-21,24H,6-7,10-16H2,1-2H3,(H,25,27)/t17?,19-,20-,21-/m0/s1. The number of nitrogens with zero attached hydrogens (tertiary/aromatic N) is 1. The zero-order valence-electron chi connectivity index (χ0n) is 17.7. The van der Waals surface area contributed by atoms with E-state index in [9.17, 15) is 9.59 Å². The van der Waals surface area contributed by atoms with Gasteiger partial charge in [0.1, 0.15) is 6.04 Å². The first-order chi connectivity index (χ1) is 14.1. The summed E-state index contributed by atoms with van der Waals surface area (Å²) in [5.74, 6) is 2.11. The van der Waals surface area contributed by atoms with Crippen molar-refractivity contribution in [3.8, 4) is 0 Å². The minimum Gasteiger partial charge on any atom is -0.343 e. The van der Waals surface area contributed by atoms with Gasteiger partial charge in [0.15, 0.2) is 0 Å². The maximum absolute atomic E-state index is 13.4. The van der Waals surface area contributed by atoms with Gasteiger partial charge in [-0.25, -0.2) is 0 Å². The minimum absolute atomic E-state index is 0.0871. The van der Waals surface area contributed by atoms with E-state index in [1.54, 1.807) is 7.05 Å². The van der Waals surface area contributed by atoms with Crippen molar-refractivity contribution in [1.82, 2.24) is 15.5 Å². The Morgan fingerprint density at radius 3 is 2.69 bits per heavy atom. The number of aryl methyl sites for hydroxylation is 1. The summed E-state index contributed by atoms with van der Waals surface area (Å²) in [7, 11) is 1.77. The summed E-state index contributed by atoms with van der Waals surface area (Å²) in [5.41, 5.74) is 1.37. The second kappa shape index (κ2) is 11.0. The Labute approximate surface area is 179 Å². The lowest BCUT2D eigenvalue weighted by Crippen LogP contribution is -2.56. The van der Waals surface area contributed by atoms with Gasteiger partial charge in [0, 0.05) is 17.8 Å². The van der Waals surface area contributed by atoms with E-state index in [1.165, 1.54) is 5.56 Å². The van der Waals surface area contributed by atoms with Crippen LogP contribution in [0.2, 0.25) is 0 Å². The average Bonchev–Trinajstić information content (AvgIpc) is 3.13. The maximum Gasteiger partial charge on any atom is 0.245 e. The van der Waals surface area contributed by atoms with Gasteiger partial charge >= 0.3 is 0 Å². The van der Waals surface area contributed by atoms with Crippen LogP contribution in [0.4, 0.5) is 0 Å². The quantitative estimate of drug-likeness (QED) is 0.639. The number of likely N-dealkylation sites (N-methyl/N-ethyl adjacent to an activating group) is 1. The highest BCUT2D eigenvalue weighted by atomic mass is 32.2. The van der Waals surface area contributed by atoms with E-state index in [0.29, 0.717) is 12.1 Å². The third-order valence-electron chi connectivity index (χ3n) is 6.28. The van der Waals surface area contributed by atoms with Crippen molar-refractivity contribution in [3.63, 3.8) is 0 Å². The van der Waals surface area contributed by atoms with Crippen LogP contribution in [0.3, 0.4) is 0 Å². The van der Waals surface area contributed by atoms with Crippen molar-refractivity contribution in [2.24, 2.45) is 0 Å². The van der Waals surface area contributed by atoms with E-state index in [1.807, 2.05) is 18.7 Å². The molecule has 1 aromatic rings. The number of hydrogen-bond donors (Lipinski definition) is 2. The first-order valence-electron chi connectivity index (χ1n) is 11.0. The fourth-order valence-corrected chi connectivity index (χ4v) is 5.56. The molecule has 0 spiro atoms. The van der Waals surface area contributed by atoms with Gasteiger partial charge in [-0.3, -0.25) is 9.59 Å². The molecule has 1 aromatic carbocycles. The molecular formula is C23H35N3O2S. The highest BCUT2D eigenvalue weighted by Gasteiger charge is 2.40. The summed E-state index contributed by atoms with van der Waals surface area (Å²) < 4.78 is 0. The normalized spacial score (nSPS) is 25.8. The predicted octanol–water partition coefficient (Wildman–Crippen LogP) is 2.99. The van der Waals surface area contributed by atoms with E-state index in [0.717, 1.165) is 56.5 Å². The van der Waals surface area contributed by atoms with Gasteiger partial charge in [-0.2, -0.15) is 11.8 Å². The molecule has 0 bridgehead atoms. The number of rotatable bonds is 8. The zero-order valence-corrected chi connectivity index (χ0v) is 18.5. The van der Waals surface area contributed by atoms with Crippen molar-refractivity contribution in [2.75, 3.05) is 18.6 Å². The first kappa shape index (κ1) is 22.2. The van der Waals surface area contributed by atoms with Gasteiger partial charge in [-0.1, -0.05) is 43.2 Å². The van der Waals surface area contributed by atoms with E-state index in [4.69, 9.17) is 0 Å². The number of amides is 2. The molecule has 0 aliphatic carbocycles.